The van der Waals surface area contributed by atoms with Crippen LogP contribution in [0.25, 0.3) is 0 Å². The third kappa shape index (κ3) is 4.31. The Balaban J connectivity index is 2.16. The third-order valence-corrected chi connectivity index (χ3v) is 4.78. The maximum absolute atomic E-state index is 3.79. The molecule has 118 valence electrons. The Labute approximate surface area is 130 Å². The summed E-state index contributed by atoms with van der Waals surface area (Å²) in [5.41, 5.74) is 1.46. The zero-order valence-electron chi connectivity index (χ0n) is 14.2. The van der Waals surface area contributed by atoms with Crippen LogP contribution in [-0.4, -0.2) is 30.1 Å². The van der Waals surface area contributed by atoms with Gasteiger partial charge in [-0.15, -0.1) is 0 Å². The van der Waals surface area contributed by atoms with Crippen molar-refractivity contribution >= 4 is 0 Å². The topological polar surface area (TPSA) is 15.3 Å². The smallest absolute Gasteiger partial charge is 0.0476 e. The molecule has 2 rings (SSSR count). The predicted octanol–water partition coefficient (Wildman–Crippen LogP) is 4.24. The van der Waals surface area contributed by atoms with Crippen molar-refractivity contribution in [2.45, 2.75) is 65.1 Å². The summed E-state index contributed by atoms with van der Waals surface area (Å²) in [6.45, 7) is 11.6. The highest BCUT2D eigenvalue weighted by molar-refractivity contribution is 5.20. The van der Waals surface area contributed by atoms with E-state index in [1.165, 1.54) is 31.4 Å². The Hall–Kier alpha value is -0.860. The second-order valence-corrected chi connectivity index (χ2v) is 6.83. The minimum atomic E-state index is 0.527. The fourth-order valence-electron chi connectivity index (χ4n) is 3.71. The van der Waals surface area contributed by atoms with E-state index in [9.17, 15) is 0 Å². The molecule has 1 aromatic rings. The predicted molar refractivity (Wildman–Crippen MR) is 91.5 cm³/mol. The van der Waals surface area contributed by atoms with Crippen LogP contribution in [0.3, 0.4) is 0 Å². The standard InChI is InChI=1S/C19H32N2/c1-5-18(6-2)21-14-17(12-15(3)4)20-13-19(21)16-10-8-7-9-11-16/h7-11,15,17-20H,5-6,12-14H2,1-4H3. The van der Waals surface area contributed by atoms with Gasteiger partial charge in [-0.25, -0.2) is 0 Å². The summed E-state index contributed by atoms with van der Waals surface area (Å²) in [4.78, 5) is 2.76. The molecular formula is C19H32N2. The molecule has 0 saturated carbocycles. The van der Waals surface area contributed by atoms with Gasteiger partial charge in [0.2, 0.25) is 0 Å². The minimum Gasteiger partial charge on any atom is -0.311 e. The normalized spacial score (nSPS) is 23.9. The van der Waals surface area contributed by atoms with Gasteiger partial charge in [-0.05, 0) is 30.7 Å². The van der Waals surface area contributed by atoms with Gasteiger partial charge < -0.3 is 5.32 Å². The molecule has 0 radical (unpaired) electrons. The first-order chi connectivity index (χ1) is 10.2. The lowest BCUT2D eigenvalue weighted by Crippen LogP contribution is -2.55. The van der Waals surface area contributed by atoms with E-state index < -0.39 is 0 Å². The summed E-state index contributed by atoms with van der Waals surface area (Å²) in [5.74, 6) is 0.763. The first-order valence-corrected chi connectivity index (χ1v) is 8.69. The number of nitrogens with zero attached hydrogens (tertiary/aromatic N) is 1. The molecule has 0 amide bonds. The molecule has 0 spiro atoms. The van der Waals surface area contributed by atoms with Gasteiger partial charge in [0.05, 0.1) is 0 Å². The third-order valence-electron chi connectivity index (χ3n) is 4.78. The second-order valence-electron chi connectivity index (χ2n) is 6.83. The van der Waals surface area contributed by atoms with Crippen molar-refractivity contribution in [3.8, 4) is 0 Å². The van der Waals surface area contributed by atoms with Gasteiger partial charge in [0, 0.05) is 31.2 Å². The zero-order chi connectivity index (χ0) is 15.2. The molecule has 1 aliphatic rings. The second kappa shape index (κ2) is 7.95. The summed E-state index contributed by atoms with van der Waals surface area (Å²) in [7, 11) is 0. The van der Waals surface area contributed by atoms with Crippen LogP contribution in [0.15, 0.2) is 30.3 Å². The van der Waals surface area contributed by atoms with Crippen molar-refractivity contribution in [2.75, 3.05) is 13.1 Å². The monoisotopic (exact) mass is 288 g/mol. The molecule has 1 aromatic carbocycles. The summed E-state index contributed by atoms with van der Waals surface area (Å²) in [5, 5.41) is 3.79. The molecule has 0 aliphatic carbocycles. The van der Waals surface area contributed by atoms with E-state index in [0.29, 0.717) is 18.1 Å². The summed E-state index contributed by atoms with van der Waals surface area (Å²) in [6.07, 6.45) is 3.76. The van der Waals surface area contributed by atoms with E-state index >= 15 is 0 Å². The number of benzene rings is 1. The van der Waals surface area contributed by atoms with Crippen LogP contribution < -0.4 is 5.32 Å². The fraction of sp³-hybridized carbons (Fsp3) is 0.684. The molecule has 2 unspecified atom stereocenters. The molecule has 0 aromatic heterocycles. The van der Waals surface area contributed by atoms with E-state index in [1.807, 2.05) is 0 Å². The van der Waals surface area contributed by atoms with Gasteiger partial charge in [0.15, 0.2) is 0 Å². The quantitative estimate of drug-likeness (QED) is 0.842. The van der Waals surface area contributed by atoms with Gasteiger partial charge in [-0.3, -0.25) is 4.90 Å². The molecule has 2 heteroatoms. The van der Waals surface area contributed by atoms with Crippen molar-refractivity contribution in [1.29, 1.82) is 0 Å². The van der Waals surface area contributed by atoms with E-state index in [0.717, 1.165) is 12.5 Å². The molecule has 1 saturated heterocycles. The average molecular weight is 288 g/mol. The van der Waals surface area contributed by atoms with Crippen molar-refractivity contribution in [3.63, 3.8) is 0 Å². The molecule has 1 heterocycles. The van der Waals surface area contributed by atoms with Gasteiger partial charge in [-0.2, -0.15) is 0 Å². The molecule has 2 nitrogen and oxygen atoms in total. The number of nitrogens with one attached hydrogen (secondary N) is 1. The van der Waals surface area contributed by atoms with Crippen LogP contribution in [0, 0.1) is 5.92 Å². The zero-order valence-corrected chi connectivity index (χ0v) is 14.2. The highest BCUT2D eigenvalue weighted by atomic mass is 15.3. The number of hydrogen-bond donors (Lipinski definition) is 1. The van der Waals surface area contributed by atoms with Gasteiger partial charge in [0.1, 0.15) is 0 Å². The average Bonchev–Trinajstić information content (AvgIpc) is 2.49. The van der Waals surface area contributed by atoms with Crippen LogP contribution in [0.2, 0.25) is 0 Å². The SMILES string of the molecule is CCC(CC)N1CC(CC(C)C)NCC1c1ccccc1. The highest BCUT2D eigenvalue weighted by Gasteiger charge is 2.32. The van der Waals surface area contributed by atoms with Crippen LogP contribution in [0.5, 0.6) is 0 Å². The van der Waals surface area contributed by atoms with Crippen molar-refractivity contribution in [2.24, 2.45) is 5.92 Å². The van der Waals surface area contributed by atoms with E-state index in [2.05, 4.69) is 68.2 Å². The van der Waals surface area contributed by atoms with Crippen LogP contribution in [0.1, 0.15) is 58.6 Å². The van der Waals surface area contributed by atoms with Crippen molar-refractivity contribution < 1.29 is 0 Å². The summed E-state index contributed by atoms with van der Waals surface area (Å²) in [6, 6.07) is 12.9. The first kappa shape index (κ1) is 16.5. The Kier molecular flexibility index (Phi) is 6.25. The van der Waals surface area contributed by atoms with E-state index in [-0.39, 0.29) is 0 Å². The molecule has 21 heavy (non-hydrogen) atoms. The maximum atomic E-state index is 3.79. The maximum Gasteiger partial charge on any atom is 0.0476 e. The van der Waals surface area contributed by atoms with Gasteiger partial charge >= 0.3 is 0 Å². The number of rotatable bonds is 6. The fourth-order valence-corrected chi connectivity index (χ4v) is 3.71. The summed E-state index contributed by atoms with van der Waals surface area (Å²) < 4.78 is 0. The largest absolute Gasteiger partial charge is 0.311 e. The van der Waals surface area contributed by atoms with Crippen molar-refractivity contribution in [3.05, 3.63) is 35.9 Å². The molecule has 0 bridgehead atoms. The number of hydrogen-bond acceptors (Lipinski definition) is 2. The molecule has 1 fully saturated rings. The first-order valence-electron chi connectivity index (χ1n) is 8.69. The molecule has 1 N–H and O–H groups in total. The molecule has 2 atom stereocenters. The Bertz CT molecular complexity index is 397. The Morgan fingerprint density at radius 1 is 1.14 bits per heavy atom. The Morgan fingerprint density at radius 3 is 2.38 bits per heavy atom. The lowest BCUT2D eigenvalue weighted by molar-refractivity contribution is 0.0707. The number of piperazine rings is 1. The van der Waals surface area contributed by atoms with Gasteiger partial charge in [0.25, 0.3) is 0 Å². The highest BCUT2D eigenvalue weighted by Crippen LogP contribution is 2.29. The van der Waals surface area contributed by atoms with E-state index in [4.69, 9.17) is 0 Å². The van der Waals surface area contributed by atoms with E-state index in [1.54, 1.807) is 0 Å². The van der Waals surface area contributed by atoms with Crippen LogP contribution >= 0.6 is 0 Å². The molecule has 1 aliphatic heterocycles. The Morgan fingerprint density at radius 2 is 1.81 bits per heavy atom. The summed E-state index contributed by atoms with van der Waals surface area (Å²) >= 11 is 0. The lowest BCUT2D eigenvalue weighted by Gasteiger charge is -2.45. The van der Waals surface area contributed by atoms with Crippen LogP contribution in [-0.2, 0) is 0 Å². The van der Waals surface area contributed by atoms with Crippen molar-refractivity contribution in [1.82, 2.24) is 10.2 Å². The van der Waals surface area contributed by atoms with Crippen LogP contribution in [0.4, 0.5) is 0 Å². The lowest BCUT2D eigenvalue weighted by atomic mass is 9.94. The molecular weight excluding hydrogens is 256 g/mol. The van der Waals surface area contributed by atoms with Gasteiger partial charge in [-0.1, -0.05) is 58.0 Å². The minimum absolute atomic E-state index is 0.527.